The summed E-state index contributed by atoms with van der Waals surface area (Å²) in [5.74, 6) is -0.107. The fraction of sp³-hybridized carbons (Fsp3) is 0.167. The molecule has 1 aromatic heterocycles. The highest BCUT2D eigenvalue weighted by atomic mass is 35.5. The molecule has 0 saturated heterocycles. The molecule has 2 N–H and O–H groups in total. The normalized spacial score (nSPS) is 10.3. The van der Waals surface area contributed by atoms with Gasteiger partial charge in [0.25, 0.3) is 5.91 Å². The molecule has 6 heteroatoms. The standard InChI is InChI=1S/C12H12ClN3OS/c1-16(5-9-6-18-7-15-9)12(17)8-2-3-11(14)10(13)4-8/h2-4,6-7H,5,14H2,1H3. The van der Waals surface area contributed by atoms with Crippen molar-refractivity contribution in [1.29, 1.82) is 0 Å². The number of thiazole rings is 1. The summed E-state index contributed by atoms with van der Waals surface area (Å²) < 4.78 is 0. The maximum Gasteiger partial charge on any atom is 0.254 e. The second-order valence-electron chi connectivity index (χ2n) is 3.88. The van der Waals surface area contributed by atoms with Crippen molar-refractivity contribution in [2.75, 3.05) is 12.8 Å². The van der Waals surface area contributed by atoms with Crippen molar-refractivity contribution in [2.24, 2.45) is 0 Å². The monoisotopic (exact) mass is 281 g/mol. The highest BCUT2D eigenvalue weighted by Gasteiger charge is 2.13. The first-order valence-corrected chi connectivity index (χ1v) is 6.57. The lowest BCUT2D eigenvalue weighted by molar-refractivity contribution is 0.0783. The van der Waals surface area contributed by atoms with Crippen molar-refractivity contribution < 1.29 is 4.79 Å². The van der Waals surface area contributed by atoms with E-state index in [2.05, 4.69) is 4.98 Å². The number of aromatic nitrogens is 1. The lowest BCUT2D eigenvalue weighted by Crippen LogP contribution is -2.26. The second kappa shape index (κ2) is 5.37. The van der Waals surface area contributed by atoms with E-state index in [0.29, 0.717) is 22.8 Å². The van der Waals surface area contributed by atoms with Crippen LogP contribution in [0.1, 0.15) is 16.1 Å². The molecule has 0 aliphatic carbocycles. The van der Waals surface area contributed by atoms with Gasteiger partial charge >= 0.3 is 0 Å². The molecule has 2 rings (SSSR count). The van der Waals surface area contributed by atoms with E-state index >= 15 is 0 Å². The zero-order chi connectivity index (χ0) is 13.1. The lowest BCUT2D eigenvalue weighted by Gasteiger charge is -2.16. The zero-order valence-electron chi connectivity index (χ0n) is 9.76. The quantitative estimate of drug-likeness (QED) is 0.880. The Bertz CT molecular complexity index is 556. The van der Waals surface area contributed by atoms with Crippen LogP contribution >= 0.6 is 22.9 Å². The first kappa shape index (κ1) is 12.9. The van der Waals surface area contributed by atoms with Gasteiger partial charge in [0, 0.05) is 18.0 Å². The van der Waals surface area contributed by atoms with E-state index in [1.807, 2.05) is 5.38 Å². The van der Waals surface area contributed by atoms with Crippen molar-refractivity contribution in [3.05, 3.63) is 45.4 Å². The topological polar surface area (TPSA) is 59.2 Å². The van der Waals surface area contributed by atoms with Gasteiger partial charge in [-0.15, -0.1) is 11.3 Å². The Balaban J connectivity index is 2.12. The van der Waals surface area contributed by atoms with Crippen LogP contribution in [0.2, 0.25) is 5.02 Å². The first-order valence-electron chi connectivity index (χ1n) is 5.25. The van der Waals surface area contributed by atoms with Crippen LogP contribution in [0.15, 0.2) is 29.1 Å². The maximum absolute atomic E-state index is 12.1. The molecule has 18 heavy (non-hydrogen) atoms. The molecule has 2 aromatic rings. The van der Waals surface area contributed by atoms with Crippen molar-refractivity contribution in [1.82, 2.24) is 9.88 Å². The number of nitrogens with zero attached hydrogens (tertiary/aromatic N) is 2. The summed E-state index contributed by atoms with van der Waals surface area (Å²) >= 11 is 7.41. The molecular formula is C12H12ClN3OS. The molecule has 0 aliphatic rings. The number of hydrogen-bond acceptors (Lipinski definition) is 4. The molecule has 1 amide bonds. The molecule has 0 spiro atoms. The van der Waals surface area contributed by atoms with Crippen LogP contribution in [0.4, 0.5) is 5.69 Å². The average molecular weight is 282 g/mol. The van der Waals surface area contributed by atoms with Crippen LogP contribution in [-0.4, -0.2) is 22.8 Å². The third-order valence-corrected chi connectivity index (χ3v) is 3.44. The van der Waals surface area contributed by atoms with E-state index in [1.165, 1.54) is 11.3 Å². The zero-order valence-corrected chi connectivity index (χ0v) is 11.3. The number of anilines is 1. The minimum Gasteiger partial charge on any atom is -0.398 e. The lowest BCUT2D eigenvalue weighted by atomic mass is 10.2. The fourth-order valence-corrected chi connectivity index (χ4v) is 2.24. The van der Waals surface area contributed by atoms with E-state index in [4.69, 9.17) is 17.3 Å². The summed E-state index contributed by atoms with van der Waals surface area (Å²) in [6.45, 7) is 0.477. The van der Waals surface area contributed by atoms with E-state index < -0.39 is 0 Å². The Morgan fingerprint density at radius 2 is 2.33 bits per heavy atom. The summed E-state index contributed by atoms with van der Waals surface area (Å²) in [5.41, 5.74) is 9.21. The van der Waals surface area contributed by atoms with Crippen LogP contribution in [-0.2, 0) is 6.54 Å². The number of nitrogen functional groups attached to an aromatic ring is 1. The number of hydrogen-bond donors (Lipinski definition) is 1. The smallest absolute Gasteiger partial charge is 0.254 e. The third kappa shape index (κ3) is 2.80. The molecule has 94 valence electrons. The molecule has 1 aromatic carbocycles. The molecule has 0 bridgehead atoms. The van der Waals surface area contributed by atoms with Gasteiger partial charge in [0.2, 0.25) is 0 Å². The summed E-state index contributed by atoms with van der Waals surface area (Å²) in [7, 11) is 1.73. The van der Waals surface area contributed by atoms with Crippen molar-refractivity contribution in [3.63, 3.8) is 0 Å². The van der Waals surface area contributed by atoms with Gasteiger partial charge in [-0.3, -0.25) is 4.79 Å². The van der Waals surface area contributed by atoms with Gasteiger partial charge in [0.15, 0.2) is 0 Å². The van der Waals surface area contributed by atoms with Gasteiger partial charge in [-0.05, 0) is 18.2 Å². The Hall–Kier alpha value is -1.59. The molecule has 0 unspecified atom stereocenters. The number of amides is 1. The van der Waals surface area contributed by atoms with Gasteiger partial charge < -0.3 is 10.6 Å². The number of halogens is 1. The highest BCUT2D eigenvalue weighted by Crippen LogP contribution is 2.20. The van der Waals surface area contributed by atoms with Crippen LogP contribution in [0.25, 0.3) is 0 Å². The van der Waals surface area contributed by atoms with Gasteiger partial charge in [0.05, 0.1) is 28.5 Å². The molecule has 0 radical (unpaired) electrons. The van der Waals surface area contributed by atoms with Gasteiger partial charge in [-0.1, -0.05) is 11.6 Å². The van der Waals surface area contributed by atoms with Crippen molar-refractivity contribution >= 4 is 34.5 Å². The second-order valence-corrected chi connectivity index (χ2v) is 5.00. The largest absolute Gasteiger partial charge is 0.398 e. The Kier molecular flexibility index (Phi) is 3.84. The number of benzene rings is 1. The Labute approximate surface area is 114 Å². The first-order chi connectivity index (χ1) is 8.58. The minimum absolute atomic E-state index is 0.107. The summed E-state index contributed by atoms with van der Waals surface area (Å²) in [4.78, 5) is 17.9. The van der Waals surface area contributed by atoms with Gasteiger partial charge in [-0.25, -0.2) is 4.98 Å². The number of carbonyl (C=O) groups is 1. The van der Waals surface area contributed by atoms with Crippen LogP contribution in [0.5, 0.6) is 0 Å². The molecular weight excluding hydrogens is 270 g/mol. The predicted octanol–water partition coefficient (Wildman–Crippen LogP) is 2.65. The van der Waals surface area contributed by atoms with E-state index in [-0.39, 0.29) is 5.91 Å². The molecule has 1 heterocycles. The maximum atomic E-state index is 12.1. The van der Waals surface area contributed by atoms with Gasteiger partial charge in [0.1, 0.15) is 0 Å². The van der Waals surface area contributed by atoms with Gasteiger partial charge in [-0.2, -0.15) is 0 Å². The number of rotatable bonds is 3. The van der Waals surface area contributed by atoms with Crippen LogP contribution in [0.3, 0.4) is 0 Å². The van der Waals surface area contributed by atoms with Crippen molar-refractivity contribution in [3.8, 4) is 0 Å². The average Bonchev–Trinajstić information content (AvgIpc) is 2.84. The predicted molar refractivity (Wildman–Crippen MR) is 73.8 cm³/mol. The Morgan fingerprint density at radius 3 is 2.94 bits per heavy atom. The molecule has 0 fully saturated rings. The summed E-state index contributed by atoms with van der Waals surface area (Å²) in [6.07, 6.45) is 0. The van der Waals surface area contributed by atoms with E-state index in [1.54, 1.807) is 35.7 Å². The van der Waals surface area contributed by atoms with E-state index in [0.717, 1.165) is 5.69 Å². The highest BCUT2D eigenvalue weighted by molar-refractivity contribution is 7.07. The number of carbonyl (C=O) groups excluding carboxylic acids is 1. The van der Waals surface area contributed by atoms with Crippen LogP contribution < -0.4 is 5.73 Å². The molecule has 4 nitrogen and oxygen atoms in total. The van der Waals surface area contributed by atoms with E-state index in [9.17, 15) is 4.79 Å². The third-order valence-electron chi connectivity index (χ3n) is 2.48. The molecule has 0 saturated carbocycles. The Morgan fingerprint density at radius 1 is 1.56 bits per heavy atom. The summed E-state index contributed by atoms with van der Waals surface area (Å²) in [6, 6.07) is 4.88. The fourth-order valence-electron chi connectivity index (χ4n) is 1.51. The molecule has 0 atom stereocenters. The van der Waals surface area contributed by atoms with Crippen LogP contribution in [0, 0.1) is 0 Å². The number of nitrogens with two attached hydrogens (primary N) is 1. The summed E-state index contributed by atoms with van der Waals surface area (Å²) in [5, 5.41) is 2.31. The SMILES string of the molecule is CN(Cc1cscn1)C(=O)c1ccc(N)c(Cl)c1. The van der Waals surface area contributed by atoms with Crippen molar-refractivity contribution in [2.45, 2.75) is 6.54 Å². The molecule has 0 aliphatic heterocycles. The minimum atomic E-state index is -0.107.